The number of carbonyl (C=O) groups is 1. The van der Waals surface area contributed by atoms with Crippen molar-refractivity contribution in [1.29, 1.82) is 0 Å². The number of hydrogen-bond donors (Lipinski definition) is 2. The van der Waals surface area contributed by atoms with Crippen molar-refractivity contribution in [3.8, 4) is 0 Å². The molecule has 0 saturated carbocycles. The van der Waals surface area contributed by atoms with Gasteiger partial charge < -0.3 is 11.1 Å². The average molecular weight is 421 g/mol. The van der Waals surface area contributed by atoms with Crippen LogP contribution in [-0.4, -0.2) is 49.2 Å². The summed E-state index contributed by atoms with van der Waals surface area (Å²) >= 11 is 0. The Balaban J connectivity index is 0.00000364. The molecule has 1 aromatic rings. The fourth-order valence-corrected chi connectivity index (χ4v) is 5.24. The molecule has 0 bridgehead atoms. The minimum absolute atomic E-state index is 0. The number of nitrogens with one attached hydrogen (secondary N) is 1. The van der Waals surface area contributed by atoms with Crippen LogP contribution >= 0.6 is 12.4 Å². The van der Waals surface area contributed by atoms with Gasteiger partial charge in [0.1, 0.15) is 0 Å². The number of nitrogens with two attached hydrogens (primary N) is 1. The quantitative estimate of drug-likeness (QED) is 0.504. The highest BCUT2D eigenvalue weighted by Gasteiger charge is 2.38. The van der Waals surface area contributed by atoms with Gasteiger partial charge in [-0.1, -0.05) is 18.6 Å². The number of nitro benzene ring substituents is 1. The molecule has 11 heteroatoms. The molecule has 1 heterocycles. The summed E-state index contributed by atoms with van der Waals surface area (Å²) < 4.78 is 27.7. The topological polar surface area (TPSA) is 136 Å². The predicted molar refractivity (Wildman–Crippen MR) is 103 cm³/mol. The van der Waals surface area contributed by atoms with E-state index in [4.69, 9.17) is 5.73 Å². The summed E-state index contributed by atoms with van der Waals surface area (Å²) in [5.74, 6) is -0.239. The van der Waals surface area contributed by atoms with E-state index < -0.39 is 26.7 Å². The molecule has 1 aliphatic heterocycles. The first kappa shape index (κ1) is 23.3. The van der Waals surface area contributed by atoms with Crippen molar-refractivity contribution in [2.75, 3.05) is 19.6 Å². The zero-order valence-corrected chi connectivity index (χ0v) is 16.7. The molecule has 0 radical (unpaired) electrons. The van der Waals surface area contributed by atoms with Gasteiger partial charge in [0.05, 0.1) is 4.92 Å². The summed E-state index contributed by atoms with van der Waals surface area (Å²) in [7, 11) is -4.06. The lowest BCUT2D eigenvalue weighted by Crippen LogP contribution is -2.49. The fourth-order valence-electron chi connectivity index (χ4n) is 3.18. The Morgan fingerprint density at radius 1 is 1.41 bits per heavy atom. The van der Waals surface area contributed by atoms with Gasteiger partial charge in [-0.3, -0.25) is 14.9 Å². The molecule has 0 aromatic heterocycles. The lowest BCUT2D eigenvalue weighted by atomic mass is 10.1. The summed E-state index contributed by atoms with van der Waals surface area (Å²) in [6.45, 7) is 2.19. The van der Waals surface area contributed by atoms with E-state index in [-0.39, 0.29) is 49.3 Å². The molecule has 1 aromatic carbocycles. The van der Waals surface area contributed by atoms with Gasteiger partial charge >= 0.3 is 0 Å². The lowest BCUT2D eigenvalue weighted by Gasteiger charge is -2.35. The van der Waals surface area contributed by atoms with Gasteiger partial charge in [0.25, 0.3) is 5.69 Å². The molecule has 0 aliphatic carbocycles. The van der Waals surface area contributed by atoms with Crippen LogP contribution in [0.4, 0.5) is 5.69 Å². The van der Waals surface area contributed by atoms with E-state index in [1.165, 1.54) is 16.4 Å². The van der Waals surface area contributed by atoms with Gasteiger partial charge in [0.15, 0.2) is 4.90 Å². The number of hydrogen-bond acceptors (Lipinski definition) is 6. The minimum atomic E-state index is -4.06. The van der Waals surface area contributed by atoms with Crippen LogP contribution in [0.5, 0.6) is 0 Å². The second-order valence-electron chi connectivity index (χ2n) is 6.29. The number of aryl methyl sites for hydroxylation is 1. The van der Waals surface area contributed by atoms with Crippen LogP contribution in [-0.2, 0) is 14.8 Å². The number of nitro groups is 1. The summed E-state index contributed by atoms with van der Waals surface area (Å²) in [6.07, 6.45) is 2.26. The Morgan fingerprint density at radius 2 is 2.11 bits per heavy atom. The van der Waals surface area contributed by atoms with Crippen molar-refractivity contribution < 1.29 is 18.1 Å². The van der Waals surface area contributed by atoms with Crippen molar-refractivity contribution >= 4 is 34.0 Å². The third kappa shape index (κ3) is 5.38. The first-order valence-electron chi connectivity index (χ1n) is 8.51. The average Bonchev–Trinajstić information content (AvgIpc) is 2.60. The van der Waals surface area contributed by atoms with Crippen LogP contribution < -0.4 is 11.1 Å². The molecule has 3 N–H and O–H groups in total. The molecule has 1 aliphatic rings. The van der Waals surface area contributed by atoms with Crippen LogP contribution in [0.2, 0.25) is 0 Å². The van der Waals surface area contributed by atoms with E-state index >= 15 is 0 Å². The number of nitrogens with zero attached hydrogens (tertiary/aromatic N) is 2. The third-order valence-corrected chi connectivity index (χ3v) is 6.58. The smallest absolute Gasteiger partial charge is 0.289 e. The van der Waals surface area contributed by atoms with Gasteiger partial charge in [0, 0.05) is 38.2 Å². The fraction of sp³-hybridized carbons (Fsp3) is 0.562. The van der Waals surface area contributed by atoms with Crippen LogP contribution in [0.15, 0.2) is 23.1 Å². The highest BCUT2D eigenvalue weighted by molar-refractivity contribution is 7.89. The first-order valence-corrected chi connectivity index (χ1v) is 9.95. The highest BCUT2D eigenvalue weighted by Crippen LogP contribution is 2.33. The molecule has 2 rings (SSSR count). The minimum Gasteiger partial charge on any atom is -0.354 e. The van der Waals surface area contributed by atoms with E-state index in [0.717, 1.165) is 6.42 Å². The molecule has 1 saturated heterocycles. The van der Waals surface area contributed by atoms with E-state index in [1.807, 2.05) is 0 Å². The number of carbonyl (C=O) groups excluding carboxylic acids is 1. The standard InChI is InChI=1S/C16H24N4O5S.ClH/c1-12-5-4-7-14(20(22)23)16(12)26(24,25)19-10-3-2-6-13(19)11-18-15(21)8-9-17;/h4-5,7,13H,2-3,6,8-11,17H2,1H3,(H,18,21);1H. The largest absolute Gasteiger partial charge is 0.354 e. The molecule has 1 fully saturated rings. The third-order valence-electron chi connectivity index (χ3n) is 4.43. The van der Waals surface area contributed by atoms with Crippen molar-refractivity contribution in [2.24, 2.45) is 5.73 Å². The Bertz CT molecular complexity index is 787. The van der Waals surface area contributed by atoms with Crippen molar-refractivity contribution in [3.63, 3.8) is 0 Å². The lowest BCUT2D eigenvalue weighted by molar-refractivity contribution is -0.387. The summed E-state index contributed by atoms with van der Waals surface area (Å²) in [5, 5.41) is 14.0. The first-order chi connectivity index (χ1) is 12.3. The summed E-state index contributed by atoms with van der Waals surface area (Å²) in [5.41, 5.74) is 5.24. The summed E-state index contributed by atoms with van der Waals surface area (Å²) in [4.78, 5) is 22.0. The normalized spacial score (nSPS) is 17.8. The zero-order chi connectivity index (χ0) is 19.3. The Kier molecular flexibility index (Phi) is 8.60. The molecular formula is C16H25ClN4O5S. The van der Waals surface area contributed by atoms with Crippen molar-refractivity contribution in [3.05, 3.63) is 33.9 Å². The molecular weight excluding hydrogens is 396 g/mol. The maximum atomic E-state index is 13.2. The molecule has 152 valence electrons. The maximum absolute atomic E-state index is 13.2. The Morgan fingerprint density at radius 3 is 2.74 bits per heavy atom. The van der Waals surface area contributed by atoms with Gasteiger partial charge in [-0.05, 0) is 25.3 Å². The SMILES string of the molecule is Cc1cccc([N+](=O)[O-])c1S(=O)(=O)N1CCCCC1CNC(=O)CCN.Cl. The number of sulfonamides is 1. The van der Waals surface area contributed by atoms with Gasteiger partial charge in [-0.2, -0.15) is 4.31 Å². The maximum Gasteiger partial charge on any atom is 0.289 e. The number of rotatable bonds is 7. The van der Waals surface area contributed by atoms with Crippen LogP contribution in [0.3, 0.4) is 0 Å². The van der Waals surface area contributed by atoms with Gasteiger partial charge in [-0.15, -0.1) is 12.4 Å². The van der Waals surface area contributed by atoms with Crippen LogP contribution in [0.25, 0.3) is 0 Å². The van der Waals surface area contributed by atoms with Gasteiger partial charge in [0.2, 0.25) is 15.9 Å². The Labute approximate surface area is 164 Å². The zero-order valence-electron chi connectivity index (χ0n) is 15.1. The van der Waals surface area contributed by atoms with Gasteiger partial charge in [-0.25, -0.2) is 8.42 Å². The Hall–Kier alpha value is -1.75. The number of amides is 1. The van der Waals surface area contributed by atoms with Crippen LogP contribution in [0.1, 0.15) is 31.2 Å². The number of piperidine rings is 1. The molecule has 27 heavy (non-hydrogen) atoms. The van der Waals surface area contributed by atoms with E-state index in [0.29, 0.717) is 18.4 Å². The predicted octanol–water partition coefficient (Wildman–Crippen LogP) is 1.33. The monoisotopic (exact) mass is 420 g/mol. The number of halogens is 1. The molecule has 1 amide bonds. The second kappa shape index (κ2) is 9.98. The summed E-state index contributed by atoms with van der Waals surface area (Å²) in [6, 6.07) is 3.77. The second-order valence-corrected chi connectivity index (χ2v) is 8.12. The van der Waals surface area contributed by atoms with Crippen molar-refractivity contribution in [1.82, 2.24) is 9.62 Å². The number of benzene rings is 1. The molecule has 9 nitrogen and oxygen atoms in total. The molecule has 0 spiro atoms. The molecule has 1 atom stereocenters. The van der Waals surface area contributed by atoms with E-state index in [2.05, 4.69) is 5.32 Å². The highest BCUT2D eigenvalue weighted by atomic mass is 35.5. The van der Waals surface area contributed by atoms with Crippen molar-refractivity contribution in [2.45, 2.75) is 43.5 Å². The van der Waals surface area contributed by atoms with E-state index in [9.17, 15) is 23.3 Å². The van der Waals surface area contributed by atoms with E-state index in [1.54, 1.807) is 13.0 Å². The van der Waals surface area contributed by atoms with Crippen LogP contribution in [0, 0.1) is 17.0 Å². The molecule has 1 unspecified atom stereocenters.